The molecule has 0 aliphatic heterocycles. The van der Waals surface area contributed by atoms with E-state index in [1.807, 2.05) is 13.8 Å². The van der Waals surface area contributed by atoms with Crippen LogP contribution in [0.2, 0.25) is 10.0 Å². The van der Waals surface area contributed by atoms with E-state index in [-0.39, 0.29) is 24.1 Å². The highest BCUT2D eigenvalue weighted by molar-refractivity contribution is 6.42. The summed E-state index contributed by atoms with van der Waals surface area (Å²) in [4.78, 5) is 22.5. The zero-order chi connectivity index (χ0) is 32.7. The van der Waals surface area contributed by atoms with Gasteiger partial charge >= 0.3 is 0 Å². The fourth-order valence-corrected chi connectivity index (χ4v) is 4.40. The van der Waals surface area contributed by atoms with Crippen molar-refractivity contribution in [1.29, 1.82) is 0 Å². The Hall–Kier alpha value is -1.95. The number of hydrogen-bond acceptors (Lipinski definition) is 3. The number of ketones is 1. The highest BCUT2D eigenvalue weighted by atomic mass is 35.5. The maximum atomic E-state index is 13.1. The fraction of sp³-hybridized carbons (Fsp3) is 0.600. The molecule has 0 saturated carbocycles. The number of Topliss-reactive ketones (excluding diaryl/α,β-unsaturated/α-hetero) is 1. The Labute approximate surface area is 265 Å². The van der Waals surface area contributed by atoms with Gasteiger partial charge in [-0.05, 0) is 68.5 Å². The van der Waals surface area contributed by atoms with Crippen molar-refractivity contribution in [3.05, 3.63) is 69.5 Å². The van der Waals surface area contributed by atoms with Crippen LogP contribution in [-0.4, -0.2) is 23.4 Å². The van der Waals surface area contributed by atoms with Crippen molar-refractivity contribution < 1.29 is 19.1 Å². The van der Waals surface area contributed by atoms with Crippen LogP contribution in [0.1, 0.15) is 131 Å². The maximum absolute atomic E-state index is 13.1. The minimum absolute atomic E-state index is 0.167. The third-order valence-corrected chi connectivity index (χ3v) is 7.37. The average Bonchev–Trinajstić information content (AvgIpc) is 2.94. The first kappa shape index (κ1) is 42.2. The Kier molecular flexibility index (Phi) is 24.6. The van der Waals surface area contributed by atoms with Crippen molar-refractivity contribution in [1.82, 2.24) is 5.32 Å². The van der Waals surface area contributed by atoms with E-state index in [0.717, 1.165) is 17.9 Å². The first-order valence-corrected chi connectivity index (χ1v) is 16.1. The van der Waals surface area contributed by atoms with Gasteiger partial charge in [-0.25, -0.2) is 4.39 Å². The molecule has 0 saturated heterocycles. The number of nitrogens with one attached hydrogen (secondary N) is 1. The number of halogens is 3. The molecule has 0 aromatic heterocycles. The van der Waals surface area contributed by atoms with E-state index in [4.69, 9.17) is 23.2 Å². The lowest BCUT2D eigenvalue weighted by molar-refractivity contribution is -0.127. The topological polar surface area (TPSA) is 66.4 Å². The third-order valence-electron chi connectivity index (χ3n) is 6.63. The second-order valence-corrected chi connectivity index (χ2v) is 11.9. The number of hydrogen-bond donors (Lipinski definition) is 2. The van der Waals surface area contributed by atoms with E-state index in [9.17, 15) is 19.1 Å². The molecule has 0 heterocycles. The molecule has 0 aliphatic rings. The largest absolute Gasteiger partial charge is 0.394 e. The summed E-state index contributed by atoms with van der Waals surface area (Å²) in [5, 5.41) is 13.4. The predicted molar refractivity (Wildman–Crippen MR) is 179 cm³/mol. The summed E-state index contributed by atoms with van der Waals surface area (Å²) in [7, 11) is 0. The zero-order valence-electron chi connectivity index (χ0n) is 27.5. The summed E-state index contributed by atoms with van der Waals surface area (Å²) in [6, 6.07) is 10.2. The molecule has 2 aromatic rings. The third kappa shape index (κ3) is 17.9. The molecular formula is C35H56Cl2FNO3. The van der Waals surface area contributed by atoms with Crippen LogP contribution in [0.5, 0.6) is 0 Å². The van der Waals surface area contributed by atoms with Gasteiger partial charge in [0.2, 0.25) is 5.91 Å². The SMILES string of the molecule is CC(C)=O.CCCC.CCCC(C)(C(=O)N[C@@H](CO)c1ccc(F)cc1)c1ccc(Cl)c(Cl)c1.CCCC(C)CCC. The van der Waals surface area contributed by atoms with Gasteiger partial charge < -0.3 is 15.2 Å². The normalized spacial score (nSPS) is 12.3. The number of unbranched alkanes of at least 4 members (excludes halogenated alkanes) is 1. The van der Waals surface area contributed by atoms with Gasteiger partial charge in [-0.2, -0.15) is 0 Å². The molecule has 1 amide bonds. The van der Waals surface area contributed by atoms with E-state index in [1.54, 1.807) is 30.3 Å². The summed E-state index contributed by atoms with van der Waals surface area (Å²) < 4.78 is 13.1. The van der Waals surface area contributed by atoms with Gasteiger partial charge in [0.25, 0.3) is 0 Å². The molecule has 0 bridgehead atoms. The molecule has 1 unspecified atom stereocenters. The molecule has 0 aliphatic carbocycles. The fourth-order valence-electron chi connectivity index (χ4n) is 4.11. The Morgan fingerprint density at radius 1 is 0.857 bits per heavy atom. The lowest BCUT2D eigenvalue weighted by atomic mass is 9.77. The monoisotopic (exact) mass is 627 g/mol. The molecule has 4 nitrogen and oxygen atoms in total. The van der Waals surface area contributed by atoms with Crippen molar-refractivity contribution in [3.8, 4) is 0 Å². The lowest BCUT2D eigenvalue weighted by Gasteiger charge is -2.31. The van der Waals surface area contributed by atoms with Gasteiger partial charge in [0, 0.05) is 0 Å². The van der Waals surface area contributed by atoms with Crippen molar-refractivity contribution in [2.45, 2.75) is 125 Å². The average molecular weight is 629 g/mol. The number of aliphatic hydroxyl groups excluding tert-OH is 1. The molecule has 0 radical (unpaired) electrons. The Morgan fingerprint density at radius 3 is 1.74 bits per heavy atom. The molecular weight excluding hydrogens is 572 g/mol. The quantitative estimate of drug-likeness (QED) is 0.246. The molecule has 240 valence electrons. The van der Waals surface area contributed by atoms with Crippen molar-refractivity contribution in [3.63, 3.8) is 0 Å². The van der Waals surface area contributed by atoms with E-state index in [0.29, 0.717) is 22.0 Å². The Balaban J connectivity index is 0. The smallest absolute Gasteiger partial charge is 0.230 e. The van der Waals surface area contributed by atoms with E-state index in [2.05, 4.69) is 39.9 Å². The van der Waals surface area contributed by atoms with Crippen molar-refractivity contribution in [2.75, 3.05) is 6.61 Å². The van der Waals surface area contributed by atoms with E-state index in [1.165, 1.54) is 64.5 Å². The Bertz CT molecular complexity index is 988. The van der Waals surface area contributed by atoms with Crippen molar-refractivity contribution in [2.24, 2.45) is 5.92 Å². The van der Waals surface area contributed by atoms with Crippen LogP contribution < -0.4 is 5.32 Å². The zero-order valence-corrected chi connectivity index (χ0v) is 29.0. The van der Waals surface area contributed by atoms with Crippen LogP contribution in [-0.2, 0) is 15.0 Å². The van der Waals surface area contributed by atoms with Crippen molar-refractivity contribution >= 4 is 34.9 Å². The van der Waals surface area contributed by atoms with Gasteiger partial charge in [0.1, 0.15) is 11.6 Å². The number of carbonyl (C=O) groups excluding carboxylic acids is 2. The summed E-state index contributed by atoms with van der Waals surface area (Å²) >= 11 is 12.1. The van der Waals surface area contributed by atoms with Crippen LogP contribution in [0.4, 0.5) is 4.39 Å². The van der Waals surface area contributed by atoms with Crippen LogP contribution in [0.25, 0.3) is 0 Å². The lowest BCUT2D eigenvalue weighted by Crippen LogP contribution is -2.44. The first-order valence-electron chi connectivity index (χ1n) is 15.4. The number of amides is 1. The molecule has 2 N–H and O–H groups in total. The summed E-state index contributed by atoms with van der Waals surface area (Å²) in [5.74, 6) is 0.523. The number of benzene rings is 2. The van der Waals surface area contributed by atoms with Crippen LogP contribution in [0, 0.1) is 11.7 Å². The second-order valence-electron chi connectivity index (χ2n) is 11.1. The van der Waals surface area contributed by atoms with Gasteiger partial charge in [-0.1, -0.05) is 128 Å². The Morgan fingerprint density at radius 2 is 1.36 bits per heavy atom. The van der Waals surface area contributed by atoms with Gasteiger partial charge in [-0.3, -0.25) is 4.79 Å². The van der Waals surface area contributed by atoms with Gasteiger partial charge in [0.05, 0.1) is 28.1 Å². The van der Waals surface area contributed by atoms with E-state index >= 15 is 0 Å². The highest BCUT2D eigenvalue weighted by Gasteiger charge is 2.36. The predicted octanol–water partition coefficient (Wildman–Crippen LogP) is 10.7. The molecule has 2 atom stereocenters. The molecule has 2 rings (SSSR count). The molecule has 0 fully saturated rings. The maximum Gasteiger partial charge on any atom is 0.230 e. The van der Waals surface area contributed by atoms with E-state index < -0.39 is 11.5 Å². The van der Waals surface area contributed by atoms with Crippen LogP contribution in [0.15, 0.2) is 42.5 Å². The minimum atomic E-state index is -0.837. The molecule has 0 spiro atoms. The standard InChI is InChI=1S/C20H22Cl2FNO2.C8H18.C4H10.C3H6O/c1-3-10-20(2,14-6-9-16(21)17(22)11-14)19(26)24-18(12-25)13-4-7-15(23)8-5-13;1-4-6-8(3)7-5-2;1-3-4-2;1-3(2)4/h4-9,11,18,25H,3,10,12H2,1-2H3,(H,24,26);8H,4-7H2,1-3H3;3-4H2,1-2H3;1-2H3/t18-,20?;;;/m0.../s1. The number of rotatable bonds is 12. The van der Waals surface area contributed by atoms with Crippen LogP contribution >= 0.6 is 23.2 Å². The highest BCUT2D eigenvalue weighted by Crippen LogP contribution is 2.34. The molecule has 2 aromatic carbocycles. The summed E-state index contributed by atoms with van der Waals surface area (Å²) in [6.45, 7) is 17.8. The molecule has 7 heteroatoms. The van der Waals surface area contributed by atoms with Gasteiger partial charge in [-0.15, -0.1) is 0 Å². The number of aliphatic hydroxyl groups is 1. The first-order chi connectivity index (χ1) is 19.8. The van der Waals surface area contributed by atoms with Gasteiger partial charge in [0.15, 0.2) is 0 Å². The summed E-state index contributed by atoms with van der Waals surface area (Å²) in [6.07, 6.45) is 9.53. The number of carbonyl (C=O) groups is 2. The molecule has 42 heavy (non-hydrogen) atoms. The second kappa shape index (κ2) is 24.5. The summed E-state index contributed by atoms with van der Waals surface area (Å²) in [5.41, 5.74) is 0.549. The minimum Gasteiger partial charge on any atom is -0.394 e. The van der Waals surface area contributed by atoms with Crippen LogP contribution in [0.3, 0.4) is 0 Å².